The minimum absolute atomic E-state index is 0.557. The smallest absolute Gasteiger partial charge is 0.104 e. The van der Waals surface area contributed by atoms with Gasteiger partial charge in [-0.3, -0.25) is 0 Å². The van der Waals surface area contributed by atoms with Crippen LogP contribution >= 0.6 is 15.9 Å². The molecule has 0 radical (unpaired) electrons. The molecular weight excluding hydrogens is 288 g/mol. The molecule has 0 aliphatic rings. The fourth-order valence-corrected chi connectivity index (χ4v) is 2.44. The van der Waals surface area contributed by atoms with Gasteiger partial charge in [-0.2, -0.15) is 0 Å². The van der Waals surface area contributed by atoms with E-state index in [4.69, 9.17) is 0 Å². The fourth-order valence-electron chi connectivity index (χ4n) is 2.02. The van der Waals surface area contributed by atoms with Gasteiger partial charge in [-0.05, 0) is 35.2 Å². The van der Waals surface area contributed by atoms with Crippen LogP contribution in [0.3, 0.4) is 0 Å². The quantitative estimate of drug-likeness (QED) is 0.883. The number of aliphatic hydroxyl groups is 1. The molecule has 0 spiro atoms. The van der Waals surface area contributed by atoms with E-state index in [0.29, 0.717) is 0 Å². The first-order chi connectivity index (χ1) is 8.70. The fraction of sp³-hybridized carbons (Fsp3) is 0.250. The monoisotopic (exact) mass is 304 g/mol. The van der Waals surface area contributed by atoms with E-state index in [2.05, 4.69) is 35.0 Å². The van der Waals surface area contributed by atoms with Crippen molar-refractivity contribution >= 4 is 15.9 Å². The standard InChI is InChI=1S/C16H17BrO/c1-2-4-12-7-9-13(10-8-12)16(18)14-5-3-6-15(17)11-14/h3,5-11,16,18H,2,4H2,1H3/t16-/m0/s1. The highest BCUT2D eigenvalue weighted by Crippen LogP contribution is 2.24. The van der Waals surface area contributed by atoms with Crippen LogP contribution in [0.2, 0.25) is 0 Å². The molecule has 2 heteroatoms. The van der Waals surface area contributed by atoms with Gasteiger partial charge >= 0.3 is 0 Å². The zero-order valence-electron chi connectivity index (χ0n) is 10.4. The first-order valence-electron chi connectivity index (χ1n) is 6.23. The van der Waals surface area contributed by atoms with Crippen molar-refractivity contribution in [1.29, 1.82) is 0 Å². The van der Waals surface area contributed by atoms with Gasteiger partial charge in [0, 0.05) is 4.47 Å². The first kappa shape index (κ1) is 13.3. The third-order valence-corrected chi connectivity index (χ3v) is 3.49. The highest BCUT2D eigenvalue weighted by atomic mass is 79.9. The van der Waals surface area contributed by atoms with E-state index in [1.165, 1.54) is 5.56 Å². The summed E-state index contributed by atoms with van der Waals surface area (Å²) in [5.74, 6) is 0. The van der Waals surface area contributed by atoms with Crippen molar-refractivity contribution in [2.45, 2.75) is 25.9 Å². The second-order valence-corrected chi connectivity index (χ2v) is 5.36. The molecule has 1 atom stereocenters. The van der Waals surface area contributed by atoms with Gasteiger partial charge in [0.1, 0.15) is 6.10 Å². The van der Waals surface area contributed by atoms with Gasteiger partial charge in [0.25, 0.3) is 0 Å². The highest BCUT2D eigenvalue weighted by Gasteiger charge is 2.10. The van der Waals surface area contributed by atoms with Crippen molar-refractivity contribution in [2.75, 3.05) is 0 Å². The molecule has 1 nitrogen and oxygen atoms in total. The Balaban J connectivity index is 2.20. The number of hydrogen-bond acceptors (Lipinski definition) is 1. The van der Waals surface area contributed by atoms with Crippen molar-refractivity contribution in [3.8, 4) is 0 Å². The molecule has 0 aliphatic carbocycles. The molecule has 0 saturated heterocycles. The van der Waals surface area contributed by atoms with Crippen LogP contribution in [-0.2, 0) is 6.42 Å². The van der Waals surface area contributed by atoms with Gasteiger partial charge in [-0.1, -0.05) is 65.7 Å². The lowest BCUT2D eigenvalue weighted by Crippen LogP contribution is -1.99. The summed E-state index contributed by atoms with van der Waals surface area (Å²) < 4.78 is 0.988. The Hall–Kier alpha value is -1.12. The Kier molecular flexibility index (Phi) is 4.56. The SMILES string of the molecule is CCCc1ccc([C@H](O)c2cccc(Br)c2)cc1. The van der Waals surface area contributed by atoms with E-state index in [0.717, 1.165) is 28.4 Å². The zero-order valence-corrected chi connectivity index (χ0v) is 12.0. The van der Waals surface area contributed by atoms with Crippen LogP contribution in [-0.4, -0.2) is 5.11 Å². The molecule has 0 bridgehead atoms. The molecule has 2 rings (SSSR count). The predicted octanol–water partition coefficient (Wildman–Crippen LogP) is 4.48. The first-order valence-corrected chi connectivity index (χ1v) is 7.02. The van der Waals surface area contributed by atoms with Crippen LogP contribution in [0.15, 0.2) is 53.0 Å². The summed E-state index contributed by atoms with van der Waals surface area (Å²) in [7, 11) is 0. The second-order valence-electron chi connectivity index (χ2n) is 4.45. The lowest BCUT2D eigenvalue weighted by atomic mass is 9.99. The van der Waals surface area contributed by atoms with Gasteiger partial charge < -0.3 is 5.11 Å². The Morgan fingerprint density at radius 3 is 2.39 bits per heavy atom. The molecule has 2 aromatic carbocycles. The van der Waals surface area contributed by atoms with Gasteiger partial charge in [-0.15, -0.1) is 0 Å². The van der Waals surface area contributed by atoms with Crippen molar-refractivity contribution < 1.29 is 5.11 Å². The summed E-state index contributed by atoms with van der Waals surface area (Å²) in [6, 6.07) is 16.0. The molecule has 18 heavy (non-hydrogen) atoms. The summed E-state index contributed by atoms with van der Waals surface area (Å²) in [6.07, 6.45) is 1.68. The Bertz CT molecular complexity index is 505. The lowest BCUT2D eigenvalue weighted by Gasteiger charge is -2.12. The van der Waals surface area contributed by atoms with E-state index in [1.807, 2.05) is 36.4 Å². The normalized spacial score (nSPS) is 12.4. The van der Waals surface area contributed by atoms with Crippen molar-refractivity contribution in [2.24, 2.45) is 0 Å². The van der Waals surface area contributed by atoms with Crippen LogP contribution in [0.5, 0.6) is 0 Å². The average molecular weight is 305 g/mol. The third-order valence-electron chi connectivity index (χ3n) is 3.00. The van der Waals surface area contributed by atoms with E-state index in [9.17, 15) is 5.11 Å². The van der Waals surface area contributed by atoms with E-state index >= 15 is 0 Å². The number of benzene rings is 2. The van der Waals surface area contributed by atoms with Crippen molar-refractivity contribution in [3.63, 3.8) is 0 Å². The van der Waals surface area contributed by atoms with Crippen molar-refractivity contribution in [3.05, 3.63) is 69.7 Å². The number of hydrogen-bond donors (Lipinski definition) is 1. The van der Waals surface area contributed by atoms with E-state index < -0.39 is 6.10 Å². The summed E-state index contributed by atoms with van der Waals surface area (Å²) in [4.78, 5) is 0. The number of aliphatic hydroxyl groups excluding tert-OH is 1. The van der Waals surface area contributed by atoms with Gasteiger partial charge in [0.05, 0.1) is 0 Å². The molecule has 0 saturated carbocycles. The molecule has 94 valence electrons. The summed E-state index contributed by atoms with van der Waals surface area (Å²) in [5, 5.41) is 10.3. The summed E-state index contributed by atoms with van der Waals surface area (Å²) in [5.41, 5.74) is 3.17. The van der Waals surface area contributed by atoms with Crippen LogP contribution < -0.4 is 0 Å². The summed E-state index contributed by atoms with van der Waals surface area (Å²) in [6.45, 7) is 2.17. The predicted molar refractivity (Wildman–Crippen MR) is 78.6 cm³/mol. The second kappa shape index (κ2) is 6.17. The molecule has 0 fully saturated rings. The topological polar surface area (TPSA) is 20.2 Å². The molecule has 0 heterocycles. The molecule has 1 N–H and O–H groups in total. The number of halogens is 1. The minimum atomic E-state index is -0.557. The maximum atomic E-state index is 10.3. The Morgan fingerprint density at radius 1 is 1.06 bits per heavy atom. The molecule has 0 aliphatic heterocycles. The summed E-state index contributed by atoms with van der Waals surface area (Å²) >= 11 is 3.42. The minimum Gasteiger partial charge on any atom is -0.384 e. The molecule has 0 amide bonds. The Labute approximate surface area is 117 Å². The van der Waals surface area contributed by atoms with Crippen molar-refractivity contribution in [1.82, 2.24) is 0 Å². The lowest BCUT2D eigenvalue weighted by molar-refractivity contribution is 0.220. The molecule has 0 unspecified atom stereocenters. The van der Waals surface area contributed by atoms with E-state index in [-0.39, 0.29) is 0 Å². The van der Waals surface area contributed by atoms with Gasteiger partial charge in [0.2, 0.25) is 0 Å². The average Bonchev–Trinajstić information content (AvgIpc) is 2.39. The maximum absolute atomic E-state index is 10.3. The van der Waals surface area contributed by atoms with Gasteiger partial charge in [0.15, 0.2) is 0 Å². The third kappa shape index (κ3) is 3.21. The van der Waals surface area contributed by atoms with Crippen LogP contribution in [0.1, 0.15) is 36.1 Å². The Morgan fingerprint density at radius 2 is 1.78 bits per heavy atom. The molecule has 2 aromatic rings. The van der Waals surface area contributed by atoms with Crippen LogP contribution in [0.4, 0.5) is 0 Å². The molecule has 0 aromatic heterocycles. The van der Waals surface area contributed by atoms with Gasteiger partial charge in [-0.25, -0.2) is 0 Å². The number of rotatable bonds is 4. The highest BCUT2D eigenvalue weighted by molar-refractivity contribution is 9.10. The van der Waals surface area contributed by atoms with Crippen LogP contribution in [0, 0.1) is 0 Å². The largest absolute Gasteiger partial charge is 0.384 e. The molecular formula is C16H17BrO. The maximum Gasteiger partial charge on any atom is 0.104 e. The number of aryl methyl sites for hydroxylation is 1. The van der Waals surface area contributed by atoms with E-state index in [1.54, 1.807) is 0 Å². The zero-order chi connectivity index (χ0) is 13.0. The van der Waals surface area contributed by atoms with Crippen LogP contribution in [0.25, 0.3) is 0 Å².